The first-order valence-corrected chi connectivity index (χ1v) is 4.60. The summed E-state index contributed by atoms with van der Waals surface area (Å²) in [7, 11) is 0. The molecule has 0 aromatic carbocycles. The van der Waals surface area contributed by atoms with Crippen molar-refractivity contribution in [1.29, 1.82) is 0 Å². The Balaban J connectivity index is 3.05. The number of hydrogen-bond acceptors (Lipinski definition) is 5. The Morgan fingerprint density at radius 1 is 1.59 bits per heavy atom. The van der Waals surface area contributed by atoms with Gasteiger partial charge in [-0.05, 0) is 6.07 Å². The van der Waals surface area contributed by atoms with Crippen LogP contribution in [0.1, 0.15) is 10.4 Å². The molecule has 0 bridgehead atoms. The van der Waals surface area contributed by atoms with E-state index in [1.165, 1.54) is 0 Å². The van der Waals surface area contributed by atoms with E-state index in [1.54, 1.807) is 0 Å². The van der Waals surface area contributed by atoms with E-state index in [2.05, 4.69) is 4.98 Å². The van der Waals surface area contributed by atoms with Crippen molar-refractivity contribution in [2.45, 2.75) is 0 Å². The van der Waals surface area contributed by atoms with Crippen molar-refractivity contribution in [2.24, 2.45) is 0 Å². The number of carboxylic acids is 1. The van der Waals surface area contributed by atoms with E-state index in [0.29, 0.717) is 0 Å². The fourth-order valence-electron chi connectivity index (χ4n) is 1.04. The molecule has 0 saturated heterocycles. The summed E-state index contributed by atoms with van der Waals surface area (Å²) in [6, 6.07) is 1.08. The van der Waals surface area contributed by atoms with Crippen molar-refractivity contribution >= 4 is 29.2 Å². The Morgan fingerprint density at radius 3 is 2.76 bits per heavy atom. The number of nitrogens with zero attached hydrogens (tertiary/aromatic N) is 2. The highest BCUT2D eigenvalue weighted by atomic mass is 35.5. The SMILES string of the molecule is O=C(O)CNC(=O)c1ccnc(Cl)c1[N+](=O)[O-]. The normalized spacial score (nSPS) is 9.71. The van der Waals surface area contributed by atoms with Crippen molar-refractivity contribution in [2.75, 3.05) is 6.54 Å². The molecule has 8 nitrogen and oxygen atoms in total. The predicted octanol–water partition coefficient (Wildman–Crippen LogP) is 0.458. The summed E-state index contributed by atoms with van der Waals surface area (Å²) in [5, 5.41) is 20.6. The Labute approximate surface area is 99.4 Å². The van der Waals surface area contributed by atoms with E-state index in [9.17, 15) is 19.7 Å². The highest BCUT2D eigenvalue weighted by Crippen LogP contribution is 2.25. The summed E-state index contributed by atoms with van der Waals surface area (Å²) in [5.41, 5.74) is -0.992. The second-order valence-electron chi connectivity index (χ2n) is 2.83. The summed E-state index contributed by atoms with van der Waals surface area (Å²) in [4.78, 5) is 35.0. The average Bonchev–Trinajstić information content (AvgIpc) is 2.24. The van der Waals surface area contributed by atoms with Gasteiger partial charge in [0.1, 0.15) is 12.1 Å². The number of carbonyl (C=O) groups is 2. The molecule has 0 aliphatic heterocycles. The molecule has 90 valence electrons. The maximum atomic E-state index is 11.5. The third-order valence-corrected chi connectivity index (χ3v) is 1.98. The van der Waals surface area contributed by atoms with Gasteiger partial charge in [0.25, 0.3) is 5.91 Å². The molecule has 0 fully saturated rings. The van der Waals surface area contributed by atoms with Gasteiger partial charge in [0.15, 0.2) is 0 Å². The summed E-state index contributed by atoms with van der Waals surface area (Å²) in [5.74, 6) is -2.16. The number of aliphatic carboxylic acids is 1. The zero-order valence-electron chi connectivity index (χ0n) is 8.21. The molecule has 1 aromatic heterocycles. The van der Waals surface area contributed by atoms with Gasteiger partial charge < -0.3 is 10.4 Å². The minimum atomic E-state index is -1.26. The number of halogens is 1. The molecule has 0 radical (unpaired) electrons. The highest BCUT2D eigenvalue weighted by molar-refractivity contribution is 6.32. The van der Waals surface area contributed by atoms with Crippen molar-refractivity contribution in [3.05, 3.63) is 33.1 Å². The van der Waals surface area contributed by atoms with Crippen LogP contribution in [0.25, 0.3) is 0 Å². The van der Waals surface area contributed by atoms with E-state index >= 15 is 0 Å². The van der Waals surface area contributed by atoms with Gasteiger partial charge in [-0.15, -0.1) is 0 Å². The van der Waals surface area contributed by atoms with Gasteiger partial charge in [0.05, 0.1) is 4.92 Å². The maximum Gasteiger partial charge on any atom is 0.322 e. The number of aromatic nitrogens is 1. The topological polar surface area (TPSA) is 122 Å². The molecule has 1 heterocycles. The van der Waals surface area contributed by atoms with Gasteiger partial charge in [-0.25, -0.2) is 4.98 Å². The fourth-order valence-corrected chi connectivity index (χ4v) is 1.26. The van der Waals surface area contributed by atoms with Gasteiger partial charge in [-0.2, -0.15) is 0 Å². The Morgan fingerprint density at radius 2 is 2.24 bits per heavy atom. The first kappa shape index (κ1) is 12.8. The second-order valence-corrected chi connectivity index (χ2v) is 3.19. The molecular weight excluding hydrogens is 254 g/mol. The van der Waals surface area contributed by atoms with Gasteiger partial charge in [-0.3, -0.25) is 19.7 Å². The van der Waals surface area contributed by atoms with Crippen molar-refractivity contribution in [3.8, 4) is 0 Å². The molecule has 0 aliphatic carbocycles. The van der Waals surface area contributed by atoms with Crippen LogP contribution in [0, 0.1) is 10.1 Å². The second kappa shape index (κ2) is 5.21. The summed E-state index contributed by atoms with van der Waals surface area (Å²) in [6.45, 7) is -0.643. The van der Waals surface area contributed by atoms with Crippen LogP contribution in [0.3, 0.4) is 0 Å². The molecular formula is C8H6ClN3O5. The van der Waals surface area contributed by atoms with E-state index in [0.717, 1.165) is 12.3 Å². The quantitative estimate of drug-likeness (QED) is 0.460. The van der Waals surface area contributed by atoms with Crippen LogP contribution in [-0.2, 0) is 4.79 Å². The van der Waals surface area contributed by atoms with Crippen LogP contribution in [-0.4, -0.2) is 33.4 Å². The molecule has 0 unspecified atom stereocenters. The number of carboxylic acid groups (broad SMARTS) is 1. The van der Waals surface area contributed by atoms with Crippen LogP contribution >= 0.6 is 11.6 Å². The molecule has 1 aromatic rings. The monoisotopic (exact) mass is 259 g/mol. The summed E-state index contributed by atoms with van der Waals surface area (Å²) >= 11 is 5.48. The van der Waals surface area contributed by atoms with E-state index in [1.807, 2.05) is 5.32 Å². The predicted molar refractivity (Wildman–Crippen MR) is 55.9 cm³/mol. The van der Waals surface area contributed by atoms with E-state index in [-0.39, 0.29) is 5.56 Å². The fraction of sp³-hybridized carbons (Fsp3) is 0.125. The smallest absolute Gasteiger partial charge is 0.322 e. The van der Waals surface area contributed by atoms with Crippen molar-refractivity contribution < 1.29 is 19.6 Å². The molecule has 0 atom stereocenters. The first-order valence-electron chi connectivity index (χ1n) is 4.22. The third-order valence-electron chi connectivity index (χ3n) is 1.71. The standard InChI is InChI=1S/C8H6ClN3O5/c9-7-6(12(16)17)4(1-2-10-7)8(15)11-3-5(13)14/h1-2H,3H2,(H,11,15)(H,13,14). The number of pyridine rings is 1. The number of nitrogens with one attached hydrogen (secondary N) is 1. The lowest BCUT2D eigenvalue weighted by molar-refractivity contribution is -0.385. The molecule has 1 amide bonds. The first-order chi connectivity index (χ1) is 7.93. The van der Waals surface area contributed by atoms with Crippen molar-refractivity contribution in [1.82, 2.24) is 10.3 Å². The lowest BCUT2D eigenvalue weighted by Crippen LogP contribution is -2.29. The van der Waals surface area contributed by atoms with E-state index < -0.39 is 34.2 Å². The molecule has 17 heavy (non-hydrogen) atoms. The number of rotatable bonds is 4. The molecule has 9 heteroatoms. The Bertz CT molecular complexity index is 490. The molecule has 0 saturated carbocycles. The molecule has 0 aliphatic rings. The van der Waals surface area contributed by atoms with Crippen LogP contribution < -0.4 is 5.32 Å². The minimum absolute atomic E-state index is 0.337. The van der Waals surface area contributed by atoms with E-state index in [4.69, 9.17) is 16.7 Å². The lowest BCUT2D eigenvalue weighted by Gasteiger charge is -2.03. The highest BCUT2D eigenvalue weighted by Gasteiger charge is 2.24. The molecule has 1 rings (SSSR count). The van der Waals surface area contributed by atoms with Gasteiger partial charge in [-0.1, -0.05) is 11.6 Å². The third kappa shape index (κ3) is 3.11. The van der Waals surface area contributed by atoms with Gasteiger partial charge >= 0.3 is 11.7 Å². The summed E-state index contributed by atoms with van der Waals surface area (Å²) < 4.78 is 0. The van der Waals surface area contributed by atoms with Crippen LogP contribution in [0.4, 0.5) is 5.69 Å². The number of amides is 1. The lowest BCUT2D eigenvalue weighted by atomic mass is 10.2. The minimum Gasteiger partial charge on any atom is -0.480 e. The largest absolute Gasteiger partial charge is 0.480 e. The number of carbonyl (C=O) groups excluding carboxylic acids is 1. The van der Waals surface area contributed by atoms with Crippen LogP contribution in [0.5, 0.6) is 0 Å². The maximum absolute atomic E-state index is 11.5. The Hall–Kier alpha value is -2.22. The number of hydrogen-bond donors (Lipinski definition) is 2. The molecule has 0 spiro atoms. The van der Waals surface area contributed by atoms with Crippen LogP contribution in [0.15, 0.2) is 12.3 Å². The zero-order valence-corrected chi connectivity index (χ0v) is 8.97. The van der Waals surface area contributed by atoms with Gasteiger partial charge in [0.2, 0.25) is 5.15 Å². The molecule has 2 N–H and O–H groups in total. The summed E-state index contributed by atoms with van der Waals surface area (Å²) in [6.07, 6.45) is 1.12. The van der Waals surface area contributed by atoms with Gasteiger partial charge in [0, 0.05) is 6.20 Å². The zero-order chi connectivity index (χ0) is 13.0. The average molecular weight is 260 g/mol. The van der Waals surface area contributed by atoms with Crippen molar-refractivity contribution in [3.63, 3.8) is 0 Å². The number of nitro groups is 1. The Kier molecular flexibility index (Phi) is 3.94. The van der Waals surface area contributed by atoms with Crippen LogP contribution in [0.2, 0.25) is 5.15 Å².